The summed E-state index contributed by atoms with van der Waals surface area (Å²) < 4.78 is 5.99. The molecule has 3 heterocycles. The molecule has 1 saturated heterocycles. The van der Waals surface area contributed by atoms with Crippen molar-refractivity contribution in [3.8, 4) is 11.9 Å². The molecule has 3 rings (SSSR count). The number of hydrogen-bond donors (Lipinski definition) is 0. The average molecular weight is 372 g/mol. The number of aryl methyl sites for hydroxylation is 1. The number of anilines is 1. The number of piperidine rings is 1. The Labute approximate surface area is 158 Å². The fourth-order valence-corrected chi connectivity index (χ4v) is 3.44. The molecule has 0 radical (unpaired) electrons. The maximum atomic E-state index is 9.71. The van der Waals surface area contributed by atoms with Gasteiger partial charge in [-0.25, -0.2) is 4.98 Å². The SMILES string of the molecule is CCc1nnc(N2CCCC(Oc3ccc(Cl)cn3)C2)c(C#N)c1CC. The van der Waals surface area contributed by atoms with Crippen LogP contribution in [0.4, 0.5) is 5.82 Å². The van der Waals surface area contributed by atoms with Gasteiger partial charge in [-0.1, -0.05) is 25.4 Å². The second-order valence-corrected chi connectivity index (χ2v) is 6.72. The molecule has 0 aromatic carbocycles. The van der Waals surface area contributed by atoms with Gasteiger partial charge in [-0.15, -0.1) is 5.10 Å². The molecule has 0 bridgehead atoms. The summed E-state index contributed by atoms with van der Waals surface area (Å²) in [5.74, 6) is 1.22. The van der Waals surface area contributed by atoms with E-state index in [2.05, 4.69) is 33.1 Å². The summed E-state index contributed by atoms with van der Waals surface area (Å²) in [5, 5.41) is 19.0. The monoisotopic (exact) mass is 371 g/mol. The van der Waals surface area contributed by atoms with Crippen LogP contribution < -0.4 is 9.64 Å². The van der Waals surface area contributed by atoms with Gasteiger partial charge in [0.25, 0.3) is 0 Å². The van der Waals surface area contributed by atoms with E-state index in [1.54, 1.807) is 18.3 Å². The van der Waals surface area contributed by atoms with Crippen molar-refractivity contribution in [1.29, 1.82) is 5.26 Å². The highest BCUT2D eigenvalue weighted by atomic mass is 35.5. The van der Waals surface area contributed by atoms with Crippen LogP contribution in [0, 0.1) is 11.3 Å². The predicted molar refractivity (Wildman–Crippen MR) is 101 cm³/mol. The summed E-state index contributed by atoms with van der Waals surface area (Å²) in [7, 11) is 0. The molecule has 0 N–H and O–H groups in total. The molecule has 26 heavy (non-hydrogen) atoms. The molecule has 1 unspecified atom stereocenters. The molecule has 6 nitrogen and oxygen atoms in total. The Morgan fingerprint density at radius 3 is 2.81 bits per heavy atom. The van der Waals surface area contributed by atoms with Crippen LogP contribution in [0.25, 0.3) is 0 Å². The molecule has 1 aliphatic heterocycles. The number of aromatic nitrogens is 3. The van der Waals surface area contributed by atoms with Crippen LogP contribution in [0.2, 0.25) is 5.02 Å². The van der Waals surface area contributed by atoms with Gasteiger partial charge in [0, 0.05) is 18.8 Å². The van der Waals surface area contributed by atoms with Gasteiger partial charge in [0.15, 0.2) is 5.82 Å². The smallest absolute Gasteiger partial charge is 0.213 e. The lowest BCUT2D eigenvalue weighted by molar-refractivity contribution is 0.172. The Kier molecular flexibility index (Phi) is 5.89. The van der Waals surface area contributed by atoms with E-state index in [-0.39, 0.29) is 6.10 Å². The fourth-order valence-electron chi connectivity index (χ4n) is 3.33. The van der Waals surface area contributed by atoms with Crippen LogP contribution in [0.1, 0.15) is 43.5 Å². The van der Waals surface area contributed by atoms with Crippen molar-refractivity contribution >= 4 is 17.4 Å². The third kappa shape index (κ3) is 3.88. The molecule has 136 valence electrons. The Bertz CT molecular complexity index is 803. The minimum absolute atomic E-state index is 0.0123. The number of pyridine rings is 1. The molecular weight excluding hydrogens is 350 g/mol. The van der Waals surface area contributed by atoms with Crippen molar-refractivity contribution in [2.75, 3.05) is 18.0 Å². The number of halogens is 1. The van der Waals surface area contributed by atoms with E-state index >= 15 is 0 Å². The highest BCUT2D eigenvalue weighted by Gasteiger charge is 2.26. The van der Waals surface area contributed by atoms with Gasteiger partial charge in [-0.2, -0.15) is 10.4 Å². The number of hydrogen-bond acceptors (Lipinski definition) is 6. The van der Waals surface area contributed by atoms with Crippen LogP contribution >= 0.6 is 11.6 Å². The van der Waals surface area contributed by atoms with Gasteiger partial charge in [-0.05, 0) is 37.3 Å². The number of nitriles is 1. The molecular formula is C19H22ClN5O. The lowest BCUT2D eigenvalue weighted by Gasteiger charge is -2.33. The Balaban J connectivity index is 1.81. The number of nitrogens with zero attached hydrogens (tertiary/aromatic N) is 5. The Hall–Kier alpha value is -2.39. The second-order valence-electron chi connectivity index (χ2n) is 6.29. The first-order valence-corrected chi connectivity index (χ1v) is 9.35. The quantitative estimate of drug-likeness (QED) is 0.799. The van der Waals surface area contributed by atoms with Crippen LogP contribution in [0.5, 0.6) is 5.88 Å². The van der Waals surface area contributed by atoms with Crippen molar-refractivity contribution in [2.45, 2.75) is 45.6 Å². The van der Waals surface area contributed by atoms with Crippen LogP contribution in [-0.4, -0.2) is 34.4 Å². The predicted octanol–water partition coefficient (Wildman–Crippen LogP) is 3.57. The first-order chi connectivity index (χ1) is 12.7. The standard InChI is InChI=1S/C19H22ClN5O/c1-3-15-16(10-21)19(24-23-17(15)4-2)25-9-5-6-14(12-25)26-18-8-7-13(20)11-22-18/h7-8,11,14H,3-6,9,12H2,1-2H3. The summed E-state index contributed by atoms with van der Waals surface area (Å²) in [6.45, 7) is 5.58. The van der Waals surface area contributed by atoms with Crippen molar-refractivity contribution < 1.29 is 4.74 Å². The summed E-state index contributed by atoms with van der Waals surface area (Å²) >= 11 is 5.87. The molecule has 2 aromatic heterocycles. The van der Waals surface area contributed by atoms with Gasteiger partial charge in [-0.3, -0.25) is 0 Å². The maximum absolute atomic E-state index is 9.71. The fraction of sp³-hybridized carbons (Fsp3) is 0.474. The maximum Gasteiger partial charge on any atom is 0.213 e. The molecule has 0 aliphatic carbocycles. The number of rotatable bonds is 5. The first-order valence-electron chi connectivity index (χ1n) is 8.97. The summed E-state index contributed by atoms with van der Waals surface area (Å²) in [4.78, 5) is 6.31. The van der Waals surface area contributed by atoms with Gasteiger partial charge < -0.3 is 9.64 Å². The molecule has 0 amide bonds. The van der Waals surface area contributed by atoms with Crippen molar-refractivity contribution in [3.05, 3.63) is 40.2 Å². The van der Waals surface area contributed by atoms with E-state index in [0.717, 1.165) is 43.5 Å². The van der Waals surface area contributed by atoms with E-state index in [1.165, 1.54) is 0 Å². The van der Waals surface area contributed by atoms with E-state index in [1.807, 2.05) is 6.92 Å². The number of ether oxygens (including phenoxy) is 1. The normalized spacial score (nSPS) is 17.0. The average Bonchev–Trinajstić information content (AvgIpc) is 2.68. The molecule has 7 heteroatoms. The van der Waals surface area contributed by atoms with Crippen molar-refractivity contribution in [3.63, 3.8) is 0 Å². The van der Waals surface area contributed by atoms with Gasteiger partial charge in [0.1, 0.15) is 17.7 Å². The molecule has 1 atom stereocenters. The molecule has 1 aliphatic rings. The molecule has 1 fully saturated rings. The molecule has 0 spiro atoms. The largest absolute Gasteiger partial charge is 0.472 e. The van der Waals surface area contributed by atoms with Crippen molar-refractivity contribution in [1.82, 2.24) is 15.2 Å². The first kappa shape index (κ1) is 18.4. The summed E-state index contributed by atoms with van der Waals surface area (Å²) in [6.07, 6.45) is 5.01. The van der Waals surface area contributed by atoms with E-state index in [0.29, 0.717) is 28.8 Å². The lowest BCUT2D eigenvalue weighted by atomic mass is 10.0. The Morgan fingerprint density at radius 1 is 1.31 bits per heavy atom. The minimum atomic E-state index is -0.0123. The molecule has 0 saturated carbocycles. The highest BCUT2D eigenvalue weighted by Crippen LogP contribution is 2.27. The topological polar surface area (TPSA) is 74.9 Å². The van der Waals surface area contributed by atoms with Gasteiger partial charge >= 0.3 is 0 Å². The van der Waals surface area contributed by atoms with E-state index in [4.69, 9.17) is 16.3 Å². The van der Waals surface area contributed by atoms with Crippen LogP contribution in [-0.2, 0) is 12.8 Å². The van der Waals surface area contributed by atoms with E-state index in [9.17, 15) is 5.26 Å². The highest BCUT2D eigenvalue weighted by molar-refractivity contribution is 6.30. The van der Waals surface area contributed by atoms with Gasteiger partial charge in [0.2, 0.25) is 5.88 Å². The minimum Gasteiger partial charge on any atom is -0.472 e. The van der Waals surface area contributed by atoms with Crippen LogP contribution in [0.15, 0.2) is 18.3 Å². The zero-order valence-electron chi connectivity index (χ0n) is 15.1. The summed E-state index contributed by atoms with van der Waals surface area (Å²) in [5.41, 5.74) is 2.55. The zero-order chi connectivity index (χ0) is 18.5. The van der Waals surface area contributed by atoms with Crippen LogP contribution in [0.3, 0.4) is 0 Å². The third-order valence-electron chi connectivity index (χ3n) is 4.60. The summed E-state index contributed by atoms with van der Waals surface area (Å²) in [6, 6.07) is 5.88. The van der Waals surface area contributed by atoms with E-state index < -0.39 is 0 Å². The van der Waals surface area contributed by atoms with Gasteiger partial charge in [0.05, 0.1) is 17.3 Å². The Morgan fingerprint density at radius 2 is 2.15 bits per heavy atom. The third-order valence-corrected chi connectivity index (χ3v) is 4.83. The zero-order valence-corrected chi connectivity index (χ0v) is 15.8. The lowest BCUT2D eigenvalue weighted by Crippen LogP contribution is -2.42. The second kappa shape index (κ2) is 8.33. The van der Waals surface area contributed by atoms with Crippen molar-refractivity contribution in [2.24, 2.45) is 0 Å². The molecule has 2 aromatic rings.